The Morgan fingerprint density at radius 2 is 2.22 bits per heavy atom. The van der Waals surface area contributed by atoms with Gasteiger partial charge in [-0.15, -0.1) is 6.42 Å². The summed E-state index contributed by atoms with van der Waals surface area (Å²) in [6, 6.07) is 0. The summed E-state index contributed by atoms with van der Waals surface area (Å²) < 4.78 is 0. The summed E-state index contributed by atoms with van der Waals surface area (Å²) in [5.74, 6) is 0. The molecule has 9 heavy (non-hydrogen) atoms. The molecule has 0 nitrogen and oxygen atoms in total. The standard InChI is InChI=1S/C7H11Si.Zr/c1-8(2)7-5-3-4-6-7;/h3,5,8H,4H2,1-2H3;/q-1;. The molecule has 0 radical (unpaired) electrons. The zero-order valence-electron chi connectivity index (χ0n) is 5.94. The SMILES string of the molecule is C[SiH](C)C1=[C-]CC=C1.[Zr]. The van der Waals surface area contributed by atoms with Crippen molar-refractivity contribution in [2.24, 2.45) is 0 Å². The van der Waals surface area contributed by atoms with Gasteiger partial charge in [0.05, 0.1) is 0 Å². The second kappa shape index (κ2) is 4.40. The van der Waals surface area contributed by atoms with Gasteiger partial charge >= 0.3 is 0 Å². The van der Waals surface area contributed by atoms with Crippen LogP contribution in [0.1, 0.15) is 6.42 Å². The van der Waals surface area contributed by atoms with Crippen molar-refractivity contribution >= 4 is 8.80 Å². The number of rotatable bonds is 1. The minimum Gasteiger partial charge on any atom is -0.274 e. The quantitative estimate of drug-likeness (QED) is 0.460. The Morgan fingerprint density at radius 1 is 1.56 bits per heavy atom. The van der Waals surface area contributed by atoms with Crippen LogP contribution in [0.5, 0.6) is 0 Å². The van der Waals surface area contributed by atoms with Gasteiger partial charge in [0.15, 0.2) is 0 Å². The zero-order valence-corrected chi connectivity index (χ0v) is 9.55. The predicted octanol–water partition coefficient (Wildman–Crippen LogP) is 1.70. The van der Waals surface area contributed by atoms with Crippen molar-refractivity contribution in [2.75, 3.05) is 0 Å². The van der Waals surface area contributed by atoms with Gasteiger partial charge in [-0.2, -0.15) is 6.08 Å². The van der Waals surface area contributed by atoms with Crippen LogP contribution in [0.25, 0.3) is 0 Å². The van der Waals surface area contributed by atoms with Gasteiger partial charge in [-0.05, 0) is 0 Å². The van der Waals surface area contributed by atoms with E-state index in [1.54, 1.807) is 0 Å². The van der Waals surface area contributed by atoms with Gasteiger partial charge < -0.3 is 0 Å². The maximum Gasteiger partial charge on any atom is 0.0256 e. The van der Waals surface area contributed by atoms with Crippen LogP contribution in [0.15, 0.2) is 17.3 Å². The molecular weight excluding hydrogens is 203 g/mol. The van der Waals surface area contributed by atoms with E-state index < -0.39 is 8.80 Å². The number of allylic oxidation sites excluding steroid dienone is 4. The van der Waals surface area contributed by atoms with E-state index in [2.05, 4.69) is 31.3 Å². The third kappa shape index (κ3) is 2.77. The molecule has 0 amide bonds. The molecule has 0 fully saturated rings. The van der Waals surface area contributed by atoms with Crippen molar-refractivity contribution < 1.29 is 26.2 Å². The van der Waals surface area contributed by atoms with E-state index in [-0.39, 0.29) is 26.2 Å². The van der Waals surface area contributed by atoms with E-state index in [9.17, 15) is 0 Å². The van der Waals surface area contributed by atoms with Crippen LogP contribution in [0, 0.1) is 6.08 Å². The van der Waals surface area contributed by atoms with Crippen molar-refractivity contribution in [3.05, 3.63) is 23.4 Å². The molecule has 0 atom stereocenters. The molecule has 1 aliphatic carbocycles. The minimum atomic E-state index is -0.504. The van der Waals surface area contributed by atoms with Crippen LogP contribution in [0.2, 0.25) is 13.1 Å². The van der Waals surface area contributed by atoms with Crippen molar-refractivity contribution in [2.45, 2.75) is 19.5 Å². The third-order valence-electron chi connectivity index (χ3n) is 1.34. The molecule has 0 unspecified atom stereocenters. The van der Waals surface area contributed by atoms with E-state index in [4.69, 9.17) is 0 Å². The second-order valence-electron chi connectivity index (χ2n) is 2.39. The minimum absolute atomic E-state index is 0. The first-order valence-electron chi connectivity index (χ1n) is 3.08. The molecule has 2 heteroatoms. The Hall–Kier alpha value is 0.580. The van der Waals surface area contributed by atoms with Crippen LogP contribution in [-0.4, -0.2) is 8.80 Å². The van der Waals surface area contributed by atoms with Gasteiger partial charge in [0.2, 0.25) is 0 Å². The van der Waals surface area contributed by atoms with Crippen LogP contribution < -0.4 is 0 Å². The Kier molecular flexibility index (Phi) is 4.69. The van der Waals surface area contributed by atoms with Gasteiger partial charge in [-0.3, -0.25) is 6.08 Å². The Morgan fingerprint density at radius 3 is 2.44 bits per heavy atom. The maximum absolute atomic E-state index is 3.32. The first kappa shape index (κ1) is 9.58. The number of hydrogen-bond acceptors (Lipinski definition) is 0. The monoisotopic (exact) mass is 213 g/mol. The number of hydrogen-bond donors (Lipinski definition) is 0. The molecule has 0 spiro atoms. The Balaban J connectivity index is 0.000000640. The molecule has 48 valence electrons. The van der Waals surface area contributed by atoms with Gasteiger partial charge in [-0.25, -0.2) is 11.3 Å². The van der Waals surface area contributed by atoms with Crippen molar-refractivity contribution in [3.63, 3.8) is 0 Å². The smallest absolute Gasteiger partial charge is 0.0256 e. The van der Waals surface area contributed by atoms with Crippen LogP contribution in [0.3, 0.4) is 0 Å². The maximum atomic E-state index is 3.32. The molecule has 0 aromatic carbocycles. The molecule has 1 aliphatic rings. The zero-order chi connectivity index (χ0) is 5.98. The van der Waals surface area contributed by atoms with Crippen molar-refractivity contribution in [1.29, 1.82) is 0 Å². The molecule has 1 rings (SSSR count). The Labute approximate surface area is 77.8 Å². The largest absolute Gasteiger partial charge is 0.274 e. The summed E-state index contributed by atoms with van der Waals surface area (Å²) in [5, 5.41) is 1.50. The van der Waals surface area contributed by atoms with Gasteiger partial charge in [0.1, 0.15) is 0 Å². The molecule has 0 N–H and O–H groups in total. The average Bonchev–Trinajstić information content (AvgIpc) is 2.12. The van der Waals surface area contributed by atoms with E-state index in [0.29, 0.717) is 0 Å². The first-order valence-corrected chi connectivity index (χ1v) is 5.96. The molecule has 0 aromatic rings. The van der Waals surface area contributed by atoms with Crippen LogP contribution >= 0.6 is 0 Å². The molecule has 0 aromatic heterocycles. The third-order valence-corrected chi connectivity index (χ3v) is 2.98. The Bertz CT molecular complexity index is 136. The summed E-state index contributed by atoms with van der Waals surface area (Å²) in [5.41, 5.74) is 0. The summed E-state index contributed by atoms with van der Waals surface area (Å²) in [6.07, 6.45) is 8.78. The van der Waals surface area contributed by atoms with Crippen molar-refractivity contribution in [3.8, 4) is 0 Å². The fourth-order valence-electron chi connectivity index (χ4n) is 0.818. The topological polar surface area (TPSA) is 0 Å². The van der Waals surface area contributed by atoms with Crippen LogP contribution in [-0.2, 0) is 26.2 Å². The summed E-state index contributed by atoms with van der Waals surface area (Å²) in [4.78, 5) is 0. The van der Waals surface area contributed by atoms with E-state index >= 15 is 0 Å². The van der Waals surface area contributed by atoms with Gasteiger partial charge in [0.25, 0.3) is 0 Å². The summed E-state index contributed by atoms with van der Waals surface area (Å²) in [7, 11) is -0.504. The predicted molar refractivity (Wildman–Crippen MR) is 39.4 cm³/mol. The fourth-order valence-corrected chi connectivity index (χ4v) is 1.87. The van der Waals surface area contributed by atoms with Gasteiger partial charge in [-0.1, -0.05) is 13.1 Å². The average molecular weight is 214 g/mol. The molecular formula is C7H11SiZr-. The molecule has 0 saturated heterocycles. The summed E-state index contributed by atoms with van der Waals surface area (Å²) in [6.45, 7) is 4.66. The molecule has 0 bridgehead atoms. The summed E-state index contributed by atoms with van der Waals surface area (Å²) >= 11 is 0. The fraction of sp³-hybridized carbons (Fsp3) is 0.429. The first-order chi connectivity index (χ1) is 3.80. The second-order valence-corrected chi connectivity index (χ2v) is 5.32. The normalized spacial score (nSPS) is 15.7. The van der Waals surface area contributed by atoms with E-state index in [1.807, 2.05) is 0 Å². The molecule has 0 heterocycles. The molecule has 0 aliphatic heterocycles. The van der Waals surface area contributed by atoms with Crippen LogP contribution in [0.4, 0.5) is 0 Å². The van der Waals surface area contributed by atoms with Gasteiger partial charge in [0, 0.05) is 35.0 Å². The molecule has 0 saturated carbocycles. The van der Waals surface area contributed by atoms with E-state index in [1.165, 1.54) is 5.20 Å². The van der Waals surface area contributed by atoms with E-state index in [0.717, 1.165) is 6.42 Å². The van der Waals surface area contributed by atoms with Crippen molar-refractivity contribution in [1.82, 2.24) is 0 Å².